The molecule has 0 heterocycles. The van der Waals surface area contributed by atoms with E-state index in [0.29, 0.717) is 31.1 Å². The number of ether oxygens (including phenoxy) is 1. The van der Waals surface area contributed by atoms with E-state index in [2.05, 4.69) is 54.5 Å². The number of aliphatic hydroxyl groups excluding tert-OH is 2. The van der Waals surface area contributed by atoms with Crippen molar-refractivity contribution in [3.8, 4) is 0 Å². The van der Waals surface area contributed by atoms with Crippen LogP contribution >= 0.6 is 0 Å². The molecule has 0 aromatic carbocycles. The molecule has 5 heteroatoms. The average Bonchev–Trinajstić information content (AvgIpc) is 3.04. The van der Waals surface area contributed by atoms with E-state index in [0.717, 1.165) is 32.1 Å². The zero-order valence-corrected chi connectivity index (χ0v) is 24.9. The van der Waals surface area contributed by atoms with E-state index in [1.807, 2.05) is 6.92 Å². The van der Waals surface area contributed by atoms with Gasteiger partial charge in [-0.2, -0.15) is 0 Å². The molecule has 4 aliphatic carbocycles. The topological polar surface area (TPSA) is 87.0 Å². The first-order valence-corrected chi connectivity index (χ1v) is 14.8. The second-order valence-electron chi connectivity index (χ2n) is 15.2. The van der Waals surface area contributed by atoms with E-state index in [1.54, 1.807) is 0 Å². The van der Waals surface area contributed by atoms with Crippen molar-refractivity contribution in [2.45, 2.75) is 138 Å². The Morgan fingerprint density at radius 1 is 0.973 bits per heavy atom. The van der Waals surface area contributed by atoms with Gasteiger partial charge in [-0.15, -0.1) is 0 Å². The molecule has 11 atom stereocenters. The molecular formula is C32H54O5. The van der Waals surface area contributed by atoms with Gasteiger partial charge in [0.15, 0.2) is 0 Å². The lowest BCUT2D eigenvalue weighted by molar-refractivity contribution is -0.249. The number of rotatable bonds is 5. The normalized spacial score (nSPS) is 48.2. The maximum atomic E-state index is 11.9. The highest BCUT2D eigenvalue weighted by molar-refractivity contribution is 5.66. The number of hydrogen-bond donors (Lipinski definition) is 3. The number of carbonyl (C=O) groups excluding carboxylic acids is 1. The van der Waals surface area contributed by atoms with Crippen LogP contribution in [0.15, 0.2) is 11.6 Å². The third-order valence-corrected chi connectivity index (χ3v) is 12.6. The lowest BCUT2D eigenvalue weighted by Gasteiger charge is -2.70. The second-order valence-corrected chi connectivity index (χ2v) is 15.2. The molecule has 4 rings (SSSR count). The molecule has 0 radical (unpaired) electrons. The van der Waals surface area contributed by atoms with Crippen molar-refractivity contribution < 1.29 is 24.9 Å². The number of allylic oxidation sites excluding steroid dienone is 2. The summed E-state index contributed by atoms with van der Waals surface area (Å²) in [6, 6.07) is 0. The summed E-state index contributed by atoms with van der Waals surface area (Å²) in [4.78, 5) is 11.9. The van der Waals surface area contributed by atoms with Gasteiger partial charge in [0, 0.05) is 18.3 Å². The van der Waals surface area contributed by atoms with Crippen molar-refractivity contribution in [3.63, 3.8) is 0 Å². The van der Waals surface area contributed by atoms with E-state index in [1.165, 1.54) is 12.5 Å². The Morgan fingerprint density at radius 3 is 2.22 bits per heavy atom. The fourth-order valence-electron chi connectivity index (χ4n) is 10.8. The van der Waals surface area contributed by atoms with Gasteiger partial charge in [0.1, 0.15) is 6.10 Å². The minimum Gasteiger partial charge on any atom is -0.462 e. The van der Waals surface area contributed by atoms with Crippen LogP contribution in [0.2, 0.25) is 0 Å². The van der Waals surface area contributed by atoms with Gasteiger partial charge in [-0.05, 0) is 106 Å². The van der Waals surface area contributed by atoms with Gasteiger partial charge in [0.05, 0.1) is 17.8 Å². The van der Waals surface area contributed by atoms with Gasteiger partial charge in [-0.1, -0.05) is 46.3 Å². The molecule has 0 saturated heterocycles. The molecule has 0 aromatic heterocycles. The molecule has 5 nitrogen and oxygen atoms in total. The summed E-state index contributed by atoms with van der Waals surface area (Å²) in [6.45, 7) is 19.2. The van der Waals surface area contributed by atoms with Crippen molar-refractivity contribution in [1.29, 1.82) is 0 Å². The van der Waals surface area contributed by atoms with Gasteiger partial charge in [0.2, 0.25) is 0 Å². The van der Waals surface area contributed by atoms with Crippen LogP contribution in [0, 0.1) is 45.3 Å². The zero-order chi connectivity index (χ0) is 27.8. The second kappa shape index (κ2) is 9.34. The van der Waals surface area contributed by atoms with Crippen LogP contribution in [0.3, 0.4) is 0 Å². The number of aliphatic hydroxyl groups is 3. The maximum Gasteiger partial charge on any atom is 0.302 e. The number of carbonyl (C=O) groups is 1. The summed E-state index contributed by atoms with van der Waals surface area (Å²) in [5.41, 5.74) is -0.213. The third kappa shape index (κ3) is 4.34. The summed E-state index contributed by atoms with van der Waals surface area (Å²) < 4.78 is 5.83. The van der Waals surface area contributed by atoms with Gasteiger partial charge in [-0.3, -0.25) is 4.79 Å². The minimum atomic E-state index is -1.04. The highest BCUT2D eigenvalue weighted by Gasteiger charge is 2.73. The monoisotopic (exact) mass is 518 g/mol. The Bertz CT molecular complexity index is 918. The average molecular weight is 519 g/mol. The van der Waals surface area contributed by atoms with Gasteiger partial charge < -0.3 is 20.1 Å². The van der Waals surface area contributed by atoms with E-state index in [4.69, 9.17) is 4.74 Å². The largest absolute Gasteiger partial charge is 0.462 e. The molecule has 37 heavy (non-hydrogen) atoms. The molecule has 3 N–H and O–H groups in total. The summed E-state index contributed by atoms with van der Waals surface area (Å²) in [5.74, 6) is 0.0499. The van der Waals surface area contributed by atoms with Crippen molar-refractivity contribution in [1.82, 2.24) is 0 Å². The predicted octanol–water partition coefficient (Wildman–Crippen LogP) is 6.04. The summed E-state index contributed by atoms with van der Waals surface area (Å²) in [6.07, 6.45) is 7.55. The molecule has 0 amide bonds. The zero-order valence-electron chi connectivity index (χ0n) is 24.9. The van der Waals surface area contributed by atoms with Crippen molar-refractivity contribution >= 4 is 5.97 Å². The Kier molecular flexibility index (Phi) is 7.34. The molecule has 0 aromatic rings. The van der Waals surface area contributed by atoms with Crippen LogP contribution in [-0.4, -0.2) is 45.2 Å². The first-order valence-electron chi connectivity index (χ1n) is 14.8. The first-order chi connectivity index (χ1) is 16.9. The Balaban J connectivity index is 1.68. The van der Waals surface area contributed by atoms with Crippen molar-refractivity contribution in [3.05, 3.63) is 11.6 Å². The molecule has 4 saturated carbocycles. The third-order valence-electron chi connectivity index (χ3n) is 12.6. The predicted molar refractivity (Wildman–Crippen MR) is 147 cm³/mol. The van der Waals surface area contributed by atoms with E-state index in [-0.39, 0.29) is 45.6 Å². The quantitative estimate of drug-likeness (QED) is 0.305. The Morgan fingerprint density at radius 2 is 1.62 bits per heavy atom. The minimum absolute atomic E-state index is 0.0249. The van der Waals surface area contributed by atoms with Crippen molar-refractivity contribution in [2.75, 3.05) is 0 Å². The van der Waals surface area contributed by atoms with E-state index >= 15 is 0 Å². The maximum absolute atomic E-state index is 11.9. The molecule has 0 bridgehead atoms. The van der Waals surface area contributed by atoms with Gasteiger partial charge >= 0.3 is 5.97 Å². The standard InChI is InChI=1S/C32H54O5/c1-19(2)11-10-14-32(9,36)27-22(35)18-31(8)26(27)21(34)17-24-29(6)15-13-25(37-20(3)33)28(4,5)23(29)12-16-30(24,31)7/h11,21-27,34-36H,10,12-18H2,1-9H3/t21-,22+,23+,24-,25+,26-,27+,29+,30-,31-,32+/m1/s1. The van der Waals surface area contributed by atoms with Crippen molar-refractivity contribution in [2.24, 2.45) is 45.3 Å². The molecule has 0 unspecified atom stereocenters. The fourth-order valence-corrected chi connectivity index (χ4v) is 10.8. The number of hydrogen-bond acceptors (Lipinski definition) is 5. The number of esters is 1. The Hall–Kier alpha value is -0.910. The molecule has 4 fully saturated rings. The fraction of sp³-hybridized carbons (Fsp3) is 0.906. The van der Waals surface area contributed by atoms with Crippen LogP contribution in [0.4, 0.5) is 0 Å². The van der Waals surface area contributed by atoms with Crippen LogP contribution in [0.25, 0.3) is 0 Å². The summed E-state index contributed by atoms with van der Waals surface area (Å²) >= 11 is 0. The van der Waals surface area contributed by atoms with Gasteiger partial charge in [0.25, 0.3) is 0 Å². The van der Waals surface area contributed by atoms with E-state index < -0.39 is 17.8 Å². The van der Waals surface area contributed by atoms with Crippen LogP contribution < -0.4 is 0 Å². The SMILES string of the molecule is CC(=O)O[C@H]1CC[C@]2(C)[C@H]3C[C@@H](O)[C@@H]4[C@@H]([C@@](C)(O)CCC=C(C)C)[C@@H](O)C[C@@]4(C)[C@]3(C)CC[C@H]2C1(C)C. The van der Waals surface area contributed by atoms with Gasteiger partial charge in [-0.25, -0.2) is 0 Å². The van der Waals surface area contributed by atoms with Crippen LogP contribution in [-0.2, 0) is 9.53 Å². The first kappa shape index (κ1) is 29.1. The Labute approximate surface area is 225 Å². The molecular weight excluding hydrogens is 464 g/mol. The molecule has 4 aliphatic rings. The summed E-state index contributed by atoms with van der Waals surface area (Å²) in [7, 11) is 0. The molecule has 0 spiro atoms. The number of fused-ring (bicyclic) bond motifs is 5. The molecule has 212 valence electrons. The van der Waals surface area contributed by atoms with Crippen LogP contribution in [0.5, 0.6) is 0 Å². The summed E-state index contributed by atoms with van der Waals surface area (Å²) in [5, 5.41) is 35.1. The van der Waals surface area contributed by atoms with Crippen LogP contribution in [0.1, 0.15) is 114 Å². The van der Waals surface area contributed by atoms with E-state index in [9.17, 15) is 20.1 Å². The molecule has 0 aliphatic heterocycles. The lowest BCUT2D eigenvalue weighted by atomic mass is 9.35. The lowest BCUT2D eigenvalue weighted by Crippen LogP contribution is -2.66. The smallest absolute Gasteiger partial charge is 0.302 e. The highest BCUT2D eigenvalue weighted by atomic mass is 16.5. The highest BCUT2D eigenvalue weighted by Crippen LogP contribution is 2.75.